The summed E-state index contributed by atoms with van der Waals surface area (Å²) in [6.07, 6.45) is -4.22. The van der Waals surface area contributed by atoms with Crippen LogP contribution in [0.25, 0.3) is 11.1 Å². The molecule has 29 heavy (non-hydrogen) atoms. The number of aromatic nitrogens is 1. The molecule has 0 fully saturated rings. The Hall–Kier alpha value is -2.60. The lowest BCUT2D eigenvalue weighted by atomic mass is 10.0. The van der Waals surface area contributed by atoms with E-state index in [1.54, 1.807) is 19.1 Å². The summed E-state index contributed by atoms with van der Waals surface area (Å²) in [6, 6.07) is 5.70. The maximum absolute atomic E-state index is 14.6. The molecule has 0 aliphatic carbocycles. The maximum atomic E-state index is 14.6. The van der Waals surface area contributed by atoms with Crippen LogP contribution in [0.1, 0.15) is 17.3 Å². The standard InChI is InChI=1S/C18H17F4N3O4/c1-9-4-15(28-8-29-17(26)27)23-6-12(9)10-2-3-11(13(19)5-10)16-24-7-14(25-16)18(20,21)22/h2-6,16-17,24,26-27H,7-8H2,1H3. The van der Waals surface area contributed by atoms with Crippen molar-refractivity contribution in [2.24, 2.45) is 4.99 Å². The van der Waals surface area contributed by atoms with Crippen LogP contribution in [0.15, 0.2) is 35.5 Å². The molecule has 2 aromatic rings. The van der Waals surface area contributed by atoms with Gasteiger partial charge in [0.1, 0.15) is 17.7 Å². The minimum atomic E-state index is -4.55. The lowest BCUT2D eigenvalue weighted by molar-refractivity contribution is -0.256. The summed E-state index contributed by atoms with van der Waals surface area (Å²) in [4.78, 5) is 7.56. The van der Waals surface area contributed by atoms with Gasteiger partial charge in [0.05, 0.1) is 0 Å². The minimum absolute atomic E-state index is 0.0123. The number of pyridine rings is 1. The van der Waals surface area contributed by atoms with Crippen LogP contribution in [-0.2, 0) is 4.74 Å². The van der Waals surface area contributed by atoms with Gasteiger partial charge in [-0.3, -0.25) is 15.0 Å². The Morgan fingerprint density at radius 1 is 1.28 bits per heavy atom. The molecule has 1 aromatic heterocycles. The SMILES string of the molecule is Cc1cc(OCOC(O)O)ncc1-c1ccc(C2N=C(C(F)(F)F)CN2)c(F)c1. The van der Waals surface area contributed by atoms with E-state index in [1.807, 2.05) is 0 Å². The van der Waals surface area contributed by atoms with Gasteiger partial charge in [-0.1, -0.05) is 12.1 Å². The quantitative estimate of drug-likeness (QED) is 0.496. The highest BCUT2D eigenvalue weighted by Gasteiger charge is 2.39. The van der Waals surface area contributed by atoms with Crippen LogP contribution in [0.5, 0.6) is 5.88 Å². The van der Waals surface area contributed by atoms with Crippen molar-refractivity contribution in [3.8, 4) is 17.0 Å². The van der Waals surface area contributed by atoms with Crippen molar-refractivity contribution in [2.75, 3.05) is 13.3 Å². The number of hydrogen-bond donors (Lipinski definition) is 3. The monoisotopic (exact) mass is 415 g/mol. The van der Waals surface area contributed by atoms with Gasteiger partial charge in [0, 0.05) is 29.9 Å². The largest absolute Gasteiger partial charge is 0.450 e. The van der Waals surface area contributed by atoms with Gasteiger partial charge in [-0.15, -0.1) is 0 Å². The van der Waals surface area contributed by atoms with Crippen molar-refractivity contribution >= 4 is 5.71 Å². The Morgan fingerprint density at radius 2 is 2.03 bits per heavy atom. The summed E-state index contributed by atoms with van der Waals surface area (Å²) < 4.78 is 62.2. The smallest absolute Gasteiger partial charge is 0.430 e. The van der Waals surface area contributed by atoms with E-state index in [0.29, 0.717) is 16.7 Å². The lowest BCUT2D eigenvalue weighted by Crippen LogP contribution is -2.27. The number of benzene rings is 1. The molecule has 0 saturated carbocycles. The van der Waals surface area contributed by atoms with Crippen molar-refractivity contribution < 1.29 is 37.2 Å². The number of halogens is 4. The van der Waals surface area contributed by atoms with Crippen LogP contribution in [-0.4, -0.2) is 46.9 Å². The fourth-order valence-corrected chi connectivity index (χ4v) is 2.78. The van der Waals surface area contributed by atoms with Crippen LogP contribution in [0, 0.1) is 12.7 Å². The summed E-state index contributed by atoms with van der Waals surface area (Å²) in [6.45, 7) is -1.14. The molecule has 0 saturated heterocycles. The number of ether oxygens (including phenoxy) is 2. The first-order chi connectivity index (χ1) is 13.6. The Morgan fingerprint density at radius 3 is 2.62 bits per heavy atom. The van der Waals surface area contributed by atoms with E-state index in [9.17, 15) is 17.6 Å². The van der Waals surface area contributed by atoms with Crippen molar-refractivity contribution in [3.63, 3.8) is 0 Å². The maximum Gasteiger partial charge on any atom is 0.430 e. The second kappa shape index (κ2) is 8.41. The van der Waals surface area contributed by atoms with Gasteiger partial charge in [-0.25, -0.2) is 9.37 Å². The van der Waals surface area contributed by atoms with Gasteiger partial charge >= 0.3 is 6.18 Å². The van der Waals surface area contributed by atoms with Gasteiger partial charge in [-0.2, -0.15) is 13.2 Å². The molecular formula is C18H17F4N3O4. The fraction of sp³-hybridized carbons (Fsp3) is 0.333. The zero-order valence-corrected chi connectivity index (χ0v) is 15.1. The van der Waals surface area contributed by atoms with Gasteiger partial charge in [0.25, 0.3) is 6.48 Å². The van der Waals surface area contributed by atoms with E-state index in [0.717, 1.165) is 0 Å². The van der Waals surface area contributed by atoms with Crippen molar-refractivity contribution in [1.29, 1.82) is 0 Å². The number of rotatable bonds is 6. The minimum Gasteiger partial charge on any atom is -0.450 e. The first kappa shape index (κ1) is 21.1. The van der Waals surface area contributed by atoms with Gasteiger partial charge in [0.2, 0.25) is 5.88 Å². The summed E-state index contributed by atoms with van der Waals surface area (Å²) in [5.41, 5.74) is 0.785. The zero-order valence-electron chi connectivity index (χ0n) is 15.1. The predicted molar refractivity (Wildman–Crippen MR) is 93.4 cm³/mol. The molecule has 3 N–H and O–H groups in total. The van der Waals surface area contributed by atoms with Crippen LogP contribution in [0.4, 0.5) is 17.6 Å². The number of aliphatic hydroxyl groups is 2. The van der Waals surface area contributed by atoms with E-state index >= 15 is 0 Å². The number of aryl methyl sites for hydroxylation is 1. The predicted octanol–water partition coefficient (Wildman–Crippen LogP) is 2.42. The van der Waals surface area contributed by atoms with E-state index in [2.05, 4.69) is 20.0 Å². The third-order valence-electron chi connectivity index (χ3n) is 4.19. The number of hydrogen-bond acceptors (Lipinski definition) is 7. The molecule has 1 atom stereocenters. The molecule has 156 valence electrons. The van der Waals surface area contributed by atoms with Crippen LogP contribution in [0.2, 0.25) is 0 Å². The molecule has 0 bridgehead atoms. The number of aliphatic hydroxyl groups excluding tert-OH is 1. The van der Waals surface area contributed by atoms with E-state index in [-0.39, 0.29) is 11.4 Å². The van der Waals surface area contributed by atoms with Crippen LogP contribution in [0.3, 0.4) is 0 Å². The molecule has 7 nitrogen and oxygen atoms in total. The van der Waals surface area contributed by atoms with E-state index in [1.165, 1.54) is 18.3 Å². The van der Waals surface area contributed by atoms with Gasteiger partial charge in [0.15, 0.2) is 6.79 Å². The number of aliphatic imine (C=N–C) groups is 1. The Labute approximate surface area is 162 Å². The molecule has 11 heteroatoms. The van der Waals surface area contributed by atoms with Crippen molar-refractivity contribution in [1.82, 2.24) is 10.3 Å². The molecule has 0 radical (unpaired) electrons. The van der Waals surface area contributed by atoms with Crippen LogP contribution < -0.4 is 10.1 Å². The van der Waals surface area contributed by atoms with Crippen molar-refractivity contribution in [3.05, 3.63) is 47.4 Å². The Bertz CT molecular complexity index is 918. The number of nitrogens with zero attached hydrogens (tertiary/aromatic N) is 2. The summed E-state index contributed by atoms with van der Waals surface area (Å²) >= 11 is 0. The highest BCUT2D eigenvalue weighted by atomic mass is 19.4. The highest BCUT2D eigenvalue weighted by Crippen LogP contribution is 2.31. The van der Waals surface area contributed by atoms with Crippen molar-refractivity contribution in [2.45, 2.75) is 25.7 Å². The summed E-state index contributed by atoms with van der Waals surface area (Å²) in [5.74, 6) is -0.537. The second-order valence-electron chi connectivity index (χ2n) is 6.19. The fourth-order valence-electron chi connectivity index (χ4n) is 2.78. The Kier molecular flexibility index (Phi) is 6.13. The van der Waals surface area contributed by atoms with Gasteiger partial charge < -0.3 is 14.9 Å². The third kappa shape index (κ3) is 5.07. The molecule has 3 rings (SSSR count). The zero-order chi connectivity index (χ0) is 21.2. The molecule has 1 aliphatic rings. The summed E-state index contributed by atoms with van der Waals surface area (Å²) in [7, 11) is 0. The third-order valence-corrected chi connectivity index (χ3v) is 4.19. The average Bonchev–Trinajstić information content (AvgIpc) is 3.11. The molecule has 0 amide bonds. The van der Waals surface area contributed by atoms with Crippen LogP contribution >= 0.6 is 0 Å². The first-order valence-corrected chi connectivity index (χ1v) is 8.39. The molecule has 1 aliphatic heterocycles. The molecule has 1 unspecified atom stereocenters. The highest BCUT2D eigenvalue weighted by molar-refractivity contribution is 5.93. The molecule has 2 heterocycles. The molecule has 0 spiro atoms. The number of nitrogens with one attached hydrogen (secondary N) is 1. The lowest BCUT2D eigenvalue weighted by Gasteiger charge is -2.13. The first-order valence-electron chi connectivity index (χ1n) is 8.39. The Balaban J connectivity index is 1.78. The van der Waals surface area contributed by atoms with Gasteiger partial charge in [-0.05, 0) is 24.1 Å². The van der Waals surface area contributed by atoms with E-state index < -0.39 is 43.7 Å². The number of alkyl halides is 3. The topological polar surface area (TPSA) is 96.2 Å². The van der Waals surface area contributed by atoms with E-state index in [4.69, 9.17) is 14.9 Å². The summed E-state index contributed by atoms with van der Waals surface area (Å²) in [5, 5.41) is 19.7. The molecular weight excluding hydrogens is 398 g/mol. The average molecular weight is 415 g/mol. The second-order valence-corrected chi connectivity index (χ2v) is 6.19. The molecule has 1 aromatic carbocycles. The normalized spacial score (nSPS) is 17.0.